The predicted octanol–water partition coefficient (Wildman–Crippen LogP) is 4.29. The smallest absolute Gasteiger partial charge is 0.227 e. The fourth-order valence-corrected chi connectivity index (χ4v) is 1.71. The van der Waals surface area contributed by atoms with Crippen LogP contribution in [-0.4, -0.2) is 16.4 Å². The van der Waals surface area contributed by atoms with Crippen molar-refractivity contribution in [3.05, 3.63) is 34.2 Å². The van der Waals surface area contributed by atoms with E-state index in [-0.39, 0.29) is 16.1 Å². The molecule has 1 aromatic carbocycles. The van der Waals surface area contributed by atoms with Gasteiger partial charge in [-0.15, -0.1) is 0 Å². The maximum absolute atomic E-state index is 13.1. The van der Waals surface area contributed by atoms with Gasteiger partial charge in [0.2, 0.25) is 5.82 Å². The van der Waals surface area contributed by atoms with Crippen LogP contribution in [0.15, 0.2) is 18.2 Å². The molecule has 0 saturated carbocycles. The highest BCUT2D eigenvalue weighted by molar-refractivity contribution is 6.35. The Kier molecular flexibility index (Phi) is 3.33. The summed E-state index contributed by atoms with van der Waals surface area (Å²) in [6, 6.07) is 4.05. The molecule has 0 atom stereocenters. The zero-order chi connectivity index (χ0) is 13.5. The topological polar surface area (TPSA) is 25.8 Å². The Labute approximate surface area is 109 Å². The summed E-state index contributed by atoms with van der Waals surface area (Å²) in [4.78, 5) is 6.59. The minimum atomic E-state index is -4.45. The van der Waals surface area contributed by atoms with Gasteiger partial charge in [0.25, 0.3) is 0 Å². The number of aromatic nitrogens is 2. The molecule has 0 amide bonds. The van der Waals surface area contributed by atoms with Gasteiger partial charge in [-0.3, -0.25) is 0 Å². The molecule has 96 valence electrons. The van der Waals surface area contributed by atoms with Gasteiger partial charge < -0.3 is 0 Å². The highest BCUT2D eigenvalue weighted by Gasteiger charge is 2.46. The van der Waals surface area contributed by atoms with Crippen molar-refractivity contribution < 1.29 is 17.6 Å². The van der Waals surface area contributed by atoms with Crippen LogP contribution in [0.5, 0.6) is 0 Å². The highest BCUT2D eigenvalue weighted by Crippen LogP contribution is 2.34. The average Bonchev–Trinajstić information content (AvgIpc) is 2.29. The fraction of sp³-hybridized carbons (Fsp3) is 0.200. The van der Waals surface area contributed by atoms with E-state index in [1.54, 1.807) is 0 Å². The Morgan fingerprint density at radius 3 is 2.39 bits per heavy atom. The van der Waals surface area contributed by atoms with Crippen LogP contribution in [-0.2, 0) is 5.92 Å². The van der Waals surface area contributed by atoms with Gasteiger partial charge in [0, 0.05) is 10.4 Å². The van der Waals surface area contributed by atoms with Crippen LogP contribution in [0.1, 0.15) is 5.82 Å². The predicted molar refractivity (Wildman–Crippen MR) is 59.5 cm³/mol. The van der Waals surface area contributed by atoms with Crippen molar-refractivity contribution in [3.8, 4) is 0 Å². The number of alkyl halides is 4. The van der Waals surface area contributed by atoms with E-state index in [0.717, 1.165) is 0 Å². The minimum Gasteiger partial charge on any atom is -0.227 e. The molecule has 1 heterocycles. The number of nitrogens with zero attached hydrogens (tertiary/aromatic N) is 2. The maximum Gasteiger partial charge on any atom is 0.365 e. The molecule has 0 radical (unpaired) electrons. The Bertz CT molecular complexity index is 604. The first-order valence-electron chi connectivity index (χ1n) is 4.61. The van der Waals surface area contributed by atoms with Crippen LogP contribution >= 0.6 is 23.2 Å². The zero-order valence-electron chi connectivity index (χ0n) is 8.47. The molecule has 2 aromatic rings. The second kappa shape index (κ2) is 4.51. The van der Waals surface area contributed by atoms with Crippen LogP contribution in [0.3, 0.4) is 0 Å². The zero-order valence-corrected chi connectivity index (χ0v) is 9.98. The molecule has 0 aliphatic rings. The van der Waals surface area contributed by atoms with Gasteiger partial charge >= 0.3 is 12.3 Å². The molecule has 1 aromatic heterocycles. The molecule has 0 saturated heterocycles. The molecule has 2 rings (SSSR count). The Balaban J connectivity index is 2.67. The lowest BCUT2D eigenvalue weighted by Gasteiger charge is -2.14. The molecular weight excluding hydrogens is 295 g/mol. The standard InChI is InChI=1S/C10H4Cl2F4N2/c11-4-1-2-6-5(3-4)7(12)18-9(17-6)10(15,16)8(13)14/h1-3,8H. The molecule has 18 heavy (non-hydrogen) atoms. The van der Waals surface area contributed by atoms with Crippen molar-refractivity contribution in [1.82, 2.24) is 9.97 Å². The normalized spacial score (nSPS) is 12.4. The van der Waals surface area contributed by atoms with E-state index in [1.165, 1.54) is 18.2 Å². The van der Waals surface area contributed by atoms with Gasteiger partial charge in [0.15, 0.2) is 0 Å². The third kappa shape index (κ3) is 2.22. The number of benzene rings is 1. The van der Waals surface area contributed by atoms with Gasteiger partial charge in [0.05, 0.1) is 5.52 Å². The molecule has 0 aliphatic heterocycles. The number of hydrogen-bond acceptors (Lipinski definition) is 2. The van der Waals surface area contributed by atoms with Crippen molar-refractivity contribution in [2.75, 3.05) is 0 Å². The summed E-state index contributed by atoms with van der Waals surface area (Å²) in [5.41, 5.74) is 0.0229. The van der Waals surface area contributed by atoms with Crippen molar-refractivity contribution in [2.45, 2.75) is 12.3 Å². The molecule has 0 N–H and O–H groups in total. The summed E-state index contributed by atoms with van der Waals surface area (Å²) in [5.74, 6) is -5.75. The van der Waals surface area contributed by atoms with Crippen LogP contribution in [0.4, 0.5) is 17.6 Å². The van der Waals surface area contributed by atoms with E-state index in [4.69, 9.17) is 23.2 Å². The molecular formula is C10H4Cl2F4N2. The molecule has 2 nitrogen and oxygen atoms in total. The van der Waals surface area contributed by atoms with Gasteiger partial charge in [-0.1, -0.05) is 23.2 Å². The monoisotopic (exact) mass is 298 g/mol. The van der Waals surface area contributed by atoms with Crippen LogP contribution in [0, 0.1) is 0 Å². The van der Waals surface area contributed by atoms with Gasteiger partial charge in [-0.25, -0.2) is 18.7 Å². The van der Waals surface area contributed by atoms with E-state index in [0.29, 0.717) is 5.02 Å². The molecule has 0 unspecified atom stereocenters. The van der Waals surface area contributed by atoms with Crippen LogP contribution < -0.4 is 0 Å². The summed E-state index contributed by atoms with van der Waals surface area (Å²) in [6.07, 6.45) is -3.90. The van der Waals surface area contributed by atoms with Gasteiger partial charge in [-0.05, 0) is 18.2 Å². The largest absolute Gasteiger partial charge is 0.365 e. The molecule has 0 fully saturated rings. The third-order valence-corrected chi connectivity index (χ3v) is 2.71. The first-order chi connectivity index (χ1) is 8.32. The van der Waals surface area contributed by atoms with E-state index in [2.05, 4.69) is 9.97 Å². The number of hydrogen-bond donors (Lipinski definition) is 0. The maximum atomic E-state index is 13.1. The summed E-state index contributed by atoms with van der Waals surface area (Å²) < 4.78 is 50.6. The van der Waals surface area contributed by atoms with Crippen molar-refractivity contribution in [3.63, 3.8) is 0 Å². The third-order valence-electron chi connectivity index (χ3n) is 2.18. The summed E-state index contributed by atoms with van der Waals surface area (Å²) in [5, 5.41) is 0.178. The molecule has 8 heteroatoms. The van der Waals surface area contributed by atoms with Crippen LogP contribution in [0.2, 0.25) is 10.2 Å². The SMILES string of the molecule is FC(F)C(F)(F)c1nc(Cl)c2cc(Cl)ccc2n1. The van der Waals surface area contributed by atoms with E-state index in [1.807, 2.05) is 0 Å². The van der Waals surface area contributed by atoms with Crippen molar-refractivity contribution in [1.29, 1.82) is 0 Å². The highest BCUT2D eigenvalue weighted by atomic mass is 35.5. The Hall–Kier alpha value is -1.14. The lowest BCUT2D eigenvalue weighted by atomic mass is 10.2. The number of halogens is 6. The Morgan fingerprint density at radius 1 is 1.11 bits per heavy atom. The van der Waals surface area contributed by atoms with E-state index >= 15 is 0 Å². The lowest BCUT2D eigenvalue weighted by Crippen LogP contribution is -2.26. The molecule has 0 bridgehead atoms. The summed E-state index contributed by atoms with van der Waals surface area (Å²) in [7, 11) is 0. The van der Waals surface area contributed by atoms with Gasteiger partial charge in [-0.2, -0.15) is 8.78 Å². The number of fused-ring (bicyclic) bond motifs is 1. The first-order valence-corrected chi connectivity index (χ1v) is 5.37. The van der Waals surface area contributed by atoms with Crippen LogP contribution in [0.25, 0.3) is 10.9 Å². The summed E-state index contributed by atoms with van der Waals surface area (Å²) in [6.45, 7) is 0. The fourth-order valence-electron chi connectivity index (χ4n) is 1.31. The molecule has 0 aliphatic carbocycles. The quantitative estimate of drug-likeness (QED) is 0.610. The second-order valence-corrected chi connectivity index (χ2v) is 4.22. The lowest BCUT2D eigenvalue weighted by molar-refractivity contribution is -0.140. The average molecular weight is 299 g/mol. The van der Waals surface area contributed by atoms with Crippen molar-refractivity contribution >= 4 is 34.1 Å². The van der Waals surface area contributed by atoms with E-state index < -0.39 is 18.2 Å². The minimum absolute atomic E-state index is 0.0229. The summed E-state index contributed by atoms with van der Waals surface area (Å²) >= 11 is 11.3. The van der Waals surface area contributed by atoms with Gasteiger partial charge in [0.1, 0.15) is 5.15 Å². The molecule has 0 spiro atoms. The van der Waals surface area contributed by atoms with Crippen molar-refractivity contribution in [2.24, 2.45) is 0 Å². The number of rotatable bonds is 2. The Morgan fingerprint density at radius 2 is 1.78 bits per heavy atom. The second-order valence-electron chi connectivity index (χ2n) is 3.42. The first kappa shape index (κ1) is 13.3. The van der Waals surface area contributed by atoms with E-state index in [9.17, 15) is 17.6 Å².